The summed E-state index contributed by atoms with van der Waals surface area (Å²) in [6.07, 6.45) is 5.38. The highest BCUT2D eigenvalue weighted by Gasteiger charge is 2.34. The first kappa shape index (κ1) is 22.0. The summed E-state index contributed by atoms with van der Waals surface area (Å²) in [6.45, 7) is 6.48. The van der Waals surface area contributed by atoms with Gasteiger partial charge in [0.15, 0.2) is 5.17 Å². The summed E-state index contributed by atoms with van der Waals surface area (Å²) in [6, 6.07) is 19.5. The highest BCUT2D eigenvalue weighted by Crippen LogP contribution is 2.36. The number of aliphatic imine (C=N–C) groups is 1. The number of nitrogens with zero attached hydrogens (tertiary/aromatic N) is 4. The number of aryl methyl sites for hydroxylation is 2. The Hall–Kier alpha value is -3.84. The van der Waals surface area contributed by atoms with Crippen LogP contribution >= 0.6 is 11.8 Å². The lowest BCUT2D eigenvalue weighted by Gasteiger charge is -2.13. The molecule has 5 rings (SSSR count). The number of furan rings is 1. The number of para-hydroxylation sites is 1. The van der Waals surface area contributed by atoms with Crippen LogP contribution in [0.3, 0.4) is 0 Å². The summed E-state index contributed by atoms with van der Waals surface area (Å²) in [7, 11) is 0. The van der Waals surface area contributed by atoms with Gasteiger partial charge in [-0.2, -0.15) is 0 Å². The summed E-state index contributed by atoms with van der Waals surface area (Å²) in [5, 5.41) is 0.632. The molecule has 1 aliphatic heterocycles. The molecule has 6 nitrogen and oxygen atoms in total. The Morgan fingerprint density at radius 1 is 1.06 bits per heavy atom. The Morgan fingerprint density at radius 3 is 2.62 bits per heavy atom. The van der Waals surface area contributed by atoms with Crippen molar-refractivity contribution in [3.05, 3.63) is 106 Å². The minimum Gasteiger partial charge on any atom is -0.467 e. The SMILES string of the molecule is Cc1ccnc(-n2c(C)cc(/C=C3/SC(=Nc4ccccc4)N(Cc4ccco4)C3=O)c2C)c1. The van der Waals surface area contributed by atoms with Gasteiger partial charge in [-0.05, 0) is 92.2 Å². The van der Waals surface area contributed by atoms with E-state index < -0.39 is 0 Å². The number of carbonyl (C=O) groups is 1. The number of thioether (sulfide) groups is 1. The summed E-state index contributed by atoms with van der Waals surface area (Å²) in [5.74, 6) is 1.49. The van der Waals surface area contributed by atoms with Gasteiger partial charge in [0.2, 0.25) is 0 Å². The fourth-order valence-corrected chi connectivity index (χ4v) is 4.96. The van der Waals surface area contributed by atoms with E-state index in [2.05, 4.69) is 28.6 Å². The second-order valence-corrected chi connectivity index (χ2v) is 9.17. The van der Waals surface area contributed by atoms with Crippen molar-refractivity contribution in [1.82, 2.24) is 14.5 Å². The van der Waals surface area contributed by atoms with E-state index in [-0.39, 0.29) is 5.91 Å². The predicted octanol–water partition coefficient (Wildman–Crippen LogP) is 6.19. The van der Waals surface area contributed by atoms with Crippen molar-refractivity contribution >= 4 is 34.6 Å². The number of hydrogen-bond acceptors (Lipinski definition) is 5. The molecule has 0 bridgehead atoms. The Balaban J connectivity index is 1.52. The Kier molecular flexibility index (Phi) is 5.94. The molecule has 3 aromatic heterocycles. The normalized spacial score (nSPS) is 16.2. The zero-order valence-electron chi connectivity index (χ0n) is 19.2. The molecule has 1 saturated heterocycles. The Morgan fingerprint density at radius 2 is 1.88 bits per heavy atom. The molecule has 4 heterocycles. The van der Waals surface area contributed by atoms with Gasteiger partial charge in [-0.15, -0.1) is 0 Å². The van der Waals surface area contributed by atoms with Gasteiger partial charge in [-0.1, -0.05) is 18.2 Å². The number of aromatic nitrogens is 2. The summed E-state index contributed by atoms with van der Waals surface area (Å²) in [5.41, 5.74) is 5.02. The van der Waals surface area contributed by atoms with E-state index >= 15 is 0 Å². The number of carbonyl (C=O) groups excluding carboxylic acids is 1. The first-order valence-electron chi connectivity index (χ1n) is 11.0. The number of amides is 1. The smallest absolute Gasteiger partial charge is 0.267 e. The average Bonchev–Trinajstić information content (AvgIpc) is 3.51. The van der Waals surface area contributed by atoms with Crippen molar-refractivity contribution in [2.75, 3.05) is 0 Å². The predicted molar refractivity (Wildman–Crippen MR) is 136 cm³/mol. The molecular weight excluding hydrogens is 444 g/mol. The largest absolute Gasteiger partial charge is 0.467 e. The van der Waals surface area contributed by atoms with Gasteiger partial charge in [-0.25, -0.2) is 9.98 Å². The molecule has 170 valence electrons. The van der Waals surface area contributed by atoms with Crippen LogP contribution in [0.25, 0.3) is 11.9 Å². The molecule has 0 N–H and O–H groups in total. The van der Waals surface area contributed by atoms with Crippen LogP contribution < -0.4 is 0 Å². The number of rotatable bonds is 5. The van der Waals surface area contributed by atoms with E-state index in [1.165, 1.54) is 11.8 Å². The maximum atomic E-state index is 13.4. The van der Waals surface area contributed by atoms with Crippen LogP contribution in [0.5, 0.6) is 0 Å². The fraction of sp³-hybridized carbons (Fsp3) is 0.148. The van der Waals surface area contributed by atoms with E-state index in [9.17, 15) is 4.79 Å². The van der Waals surface area contributed by atoms with Crippen molar-refractivity contribution in [1.29, 1.82) is 0 Å². The van der Waals surface area contributed by atoms with Gasteiger partial charge >= 0.3 is 0 Å². The summed E-state index contributed by atoms with van der Waals surface area (Å²) in [4.78, 5) is 25.0. The fourth-order valence-electron chi connectivity index (χ4n) is 3.97. The van der Waals surface area contributed by atoms with E-state index in [0.717, 1.165) is 34.0 Å². The zero-order valence-corrected chi connectivity index (χ0v) is 20.0. The van der Waals surface area contributed by atoms with Crippen LogP contribution in [0.1, 0.15) is 28.3 Å². The molecule has 0 radical (unpaired) electrons. The second-order valence-electron chi connectivity index (χ2n) is 8.16. The van der Waals surface area contributed by atoms with Crippen molar-refractivity contribution in [3.8, 4) is 5.82 Å². The quantitative estimate of drug-likeness (QED) is 0.327. The molecule has 4 aromatic rings. The van der Waals surface area contributed by atoms with Crippen LogP contribution in [0.4, 0.5) is 5.69 Å². The third-order valence-corrected chi connectivity index (χ3v) is 6.66. The summed E-state index contributed by atoms with van der Waals surface area (Å²) < 4.78 is 7.62. The van der Waals surface area contributed by atoms with Crippen molar-refractivity contribution in [2.24, 2.45) is 4.99 Å². The third-order valence-electron chi connectivity index (χ3n) is 5.65. The lowest BCUT2D eigenvalue weighted by Crippen LogP contribution is -2.28. The second kappa shape index (κ2) is 9.19. The van der Waals surface area contributed by atoms with Crippen LogP contribution in [-0.4, -0.2) is 25.5 Å². The van der Waals surface area contributed by atoms with E-state index in [0.29, 0.717) is 22.4 Å². The highest BCUT2D eigenvalue weighted by molar-refractivity contribution is 8.18. The first-order chi connectivity index (χ1) is 16.5. The number of pyridine rings is 1. The zero-order chi connectivity index (χ0) is 23.7. The van der Waals surface area contributed by atoms with Crippen molar-refractivity contribution < 1.29 is 9.21 Å². The van der Waals surface area contributed by atoms with Crippen molar-refractivity contribution in [3.63, 3.8) is 0 Å². The van der Waals surface area contributed by atoms with Gasteiger partial charge in [0.25, 0.3) is 5.91 Å². The van der Waals surface area contributed by atoms with Gasteiger partial charge < -0.3 is 8.98 Å². The van der Waals surface area contributed by atoms with Crippen LogP contribution in [-0.2, 0) is 11.3 Å². The molecule has 1 amide bonds. The Bertz CT molecular complexity index is 1400. The minimum atomic E-state index is -0.0884. The third kappa shape index (κ3) is 4.34. The monoisotopic (exact) mass is 468 g/mol. The van der Waals surface area contributed by atoms with E-state index in [4.69, 9.17) is 9.41 Å². The lowest BCUT2D eigenvalue weighted by atomic mass is 10.2. The molecule has 0 unspecified atom stereocenters. The highest BCUT2D eigenvalue weighted by atomic mass is 32.2. The molecule has 1 fully saturated rings. The molecule has 1 aliphatic rings. The van der Waals surface area contributed by atoms with Gasteiger partial charge in [-0.3, -0.25) is 9.69 Å². The summed E-state index contributed by atoms with van der Waals surface area (Å²) >= 11 is 1.38. The molecule has 0 atom stereocenters. The number of hydrogen-bond donors (Lipinski definition) is 0. The molecular formula is C27H24N4O2S. The molecule has 0 saturated carbocycles. The van der Waals surface area contributed by atoms with E-state index in [1.54, 1.807) is 11.2 Å². The van der Waals surface area contributed by atoms with Crippen LogP contribution in [0, 0.1) is 20.8 Å². The van der Waals surface area contributed by atoms with Gasteiger partial charge in [0.1, 0.15) is 11.6 Å². The first-order valence-corrected chi connectivity index (χ1v) is 11.8. The maximum Gasteiger partial charge on any atom is 0.267 e. The van der Waals surface area contributed by atoms with Crippen LogP contribution in [0.15, 0.2) is 87.4 Å². The van der Waals surface area contributed by atoms with E-state index in [1.807, 2.05) is 74.7 Å². The minimum absolute atomic E-state index is 0.0884. The lowest BCUT2D eigenvalue weighted by molar-refractivity contribution is -0.122. The van der Waals surface area contributed by atoms with Gasteiger partial charge in [0.05, 0.1) is 23.4 Å². The van der Waals surface area contributed by atoms with Crippen molar-refractivity contribution in [2.45, 2.75) is 27.3 Å². The standard InChI is InChI=1S/C27H24N4O2S/c1-18-11-12-28-25(14-18)31-19(2)15-21(20(31)3)16-24-26(32)30(17-23-10-7-13-33-23)27(34-24)29-22-8-5-4-6-9-22/h4-16H,17H2,1-3H3/b24-16+,29-27?. The molecule has 34 heavy (non-hydrogen) atoms. The maximum absolute atomic E-state index is 13.4. The van der Waals surface area contributed by atoms with Crippen LogP contribution in [0.2, 0.25) is 0 Å². The molecule has 0 aliphatic carbocycles. The molecule has 7 heteroatoms. The number of amidine groups is 1. The number of benzene rings is 1. The molecule has 0 spiro atoms. The molecule has 1 aromatic carbocycles. The van der Waals surface area contributed by atoms with Gasteiger partial charge in [0, 0.05) is 17.6 Å². The Labute approximate surface area is 202 Å². The topological polar surface area (TPSA) is 63.6 Å². The average molecular weight is 469 g/mol.